The SMILES string of the molecule is CC.CCOc1nn(CCO)c2c1/C=C/c1[nH]nc3ccc(cc13)-c1cnn(C)c1OCCN(C)C2. The number of fused-ring (bicyclic) bond motifs is 4. The van der Waals surface area contributed by atoms with Gasteiger partial charge in [0.15, 0.2) is 0 Å². The summed E-state index contributed by atoms with van der Waals surface area (Å²) in [5.41, 5.74) is 5.58. The monoisotopic (exact) mass is 493 g/mol. The van der Waals surface area contributed by atoms with Crippen molar-refractivity contribution in [2.75, 3.05) is 33.4 Å². The summed E-state index contributed by atoms with van der Waals surface area (Å²) in [6, 6.07) is 6.14. The Kier molecular flexibility index (Phi) is 8.07. The van der Waals surface area contributed by atoms with Crippen molar-refractivity contribution < 1.29 is 14.6 Å². The van der Waals surface area contributed by atoms with E-state index >= 15 is 0 Å². The van der Waals surface area contributed by atoms with E-state index in [1.54, 1.807) is 4.68 Å². The number of likely N-dealkylation sites (N-methyl/N-ethyl adjacent to an activating group) is 1. The summed E-state index contributed by atoms with van der Waals surface area (Å²) in [5, 5.41) is 27.3. The Labute approximate surface area is 211 Å². The summed E-state index contributed by atoms with van der Waals surface area (Å²) in [6.45, 7) is 8.64. The van der Waals surface area contributed by atoms with Gasteiger partial charge in [-0.1, -0.05) is 19.9 Å². The van der Waals surface area contributed by atoms with Gasteiger partial charge < -0.3 is 14.6 Å². The molecule has 1 aliphatic heterocycles. The average Bonchev–Trinajstić information content (AvgIpc) is 3.55. The number of aromatic amines is 1. The number of nitrogens with one attached hydrogen (secondary N) is 1. The van der Waals surface area contributed by atoms with Crippen LogP contribution in [0.25, 0.3) is 34.2 Å². The van der Waals surface area contributed by atoms with Gasteiger partial charge in [-0.2, -0.15) is 10.2 Å². The minimum absolute atomic E-state index is 0.00649. The van der Waals surface area contributed by atoms with Crippen LogP contribution >= 0.6 is 0 Å². The van der Waals surface area contributed by atoms with E-state index in [-0.39, 0.29) is 6.61 Å². The summed E-state index contributed by atoms with van der Waals surface area (Å²) >= 11 is 0. The van der Waals surface area contributed by atoms with Crippen molar-refractivity contribution in [2.24, 2.45) is 7.05 Å². The van der Waals surface area contributed by atoms with Crippen molar-refractivity contribution in [2.45, 2.75) is 33.9 Å². The fraction of sp³-hybridized carbons (Fsp3) is 0.423. The zero-order chi connectivity index (χ0) is 25.7. The Hall–Kier alpha value is -3.63. The van der Waals surface area contributed by atoms with Crippen LogP contribution in [0.2, 0.25) is 0 Å². The van der Waals surface area contributed by atoms with E-state index in [2.05, 4.69) is 31.4 Å². The summed E-state index contributed by atoms with van der Waals surface area (Å²) in [6.07, 6.45) is 5.85. The summed E-state index contributed by atoms with van der Waals surface area (Å²) in [4.78, 5) is 2.17. The van der Waals surface area contributed by atoms with Gasteiger partial charge in [-0.15, -0.1) is 5.10 Å². The lowest BCUT2D eigenvalue weighted by molar-refractivity contribution is 0.215. The number of aliphatic hydroxyl groups is 1. The molecule has 5 rings (SSSR count). The number of aryl methyl sites for hydroxylation is 1. The molecule has 10 nitrogen and oxygen atoms in total. The Morgan fingerprint density at radius 3 is 2.81 bits per heavy atom. The van der Waals surface area contributed by atoms with Crippen LogP contribution in [-0.4, -0.2) is 73.2 Å². The second-order valence-corrected chi connectivity index (χ2v) is 8.32. The van der Waals surface area contributed by atoms with Crippen LogP contribution in [-0.2, 0) is 20.1 Å². The maximum Gasteiger partial charge on any atom is 0.240 e. The third-order valence-corrected chi connectivity index (χ3v) is 5.98. The van der Waals surface area contributed by atoms with E-state index in [0.29, 0.717) is 38.7 Å². The Bertz CT molecular complexity index is 1340. The number of ether oxygens (including phenoxy) is 2. The number of H-pyrrole nitrogens is 1. The molecule has 2 N–H and O–H groups in total. The summed E-state index contributed by atoms with van der Waals surface area (Å²) < 4.78 is 15.6. The molecule has 0 unspecified atom stereocenters. The standard InChI is InChI=1S/C24H29N7O3.C2H6/c1-4-33-23-17-6-8-21-18-13-16(5-7-20(18)26-27-21)19-14-25-30(3)24(19)34-12-10-29(2)15-22(17)31(28-23)9-11-32;1-2/h5-8,13-14,32H,4,9-12,15H2,1-3H3,(H,26,27);1-2H3/b8-6+;. The predicted molar refractivity (Wildman–Crippen MR) is 141 cm³/mol. The molecular weight excluding hydrogens is 458 g/mol. The first-order chi connectivity index (χ1) is 17.6. The molecule has 0 amide bonds. The largest absolute Gasteiger partial charge is 0.476 e. The van der Waals surface area contributed by atoms with Gasteiger partial charge in [-0.3, -0.25) is 14.7 Å². The molecule has 0 aliphatic carbocycles. The van der Waals surface area contributed by atoms with Gasteiger partial charge in [0, 0.05) is 25.5 Å². The molecule has 0 fully saturated rings. The molecule has 0 saturated carbocycles. The normalized spacial score (nSPS) is 14.7. The molecule has 10 heteroatoms. The molecule has 0 saturated heterocycles. The van der Waals surface area contributed by atoms with E-state index in [1.807, 2.05) is 70.0 Å². The van der Waals surface area contributed by atoms with Crippen LogP contribution in [0.1, 0.15) is 37.7 Å². The Morgan fingerprint density at radius 1 is 1.19 bits per heavy atom. The maximum absolute atomic E-state index is 9.61. The molecule has 3 aromatic heterocycles. The van der Waals surface area contributed by atoms with Crippen molar-refractivity contribution in [1.82, 2.24) is 34.7 Å². The van der Waals surface area contributed by atoms with Crippen LogP contribution in [0.4, 0.5) is 0 Å². The molecular formula is C26H35N7O3. The highest BCUT2D eigenvalue weighted by molar-refractivity contribution is 5.93. The van der Waals surface area contributed by atoms with Crippen LogP contribution in [0.3, 0.4) is 0 Å². The number of aliphatic hydroxyl groups excluding tert-OH is 1. The molecule has 4 aromatic rings. The first kappa shape index (κ1) is 25.5. The van der Waals surface area contributed by atoms with Gasteiger partial charge in [-0.05, 0) is 43.8 Å². The van der Waals surface area contributed by atoms with Gasteiger partial charge in [-0.25, -0.2) is 4.68 Å². The van der Waals surface area contributed by atoms with E-state index in [1.165, 1.54) is 0 Å². The lowest BCUT2D eigenvalue weighted by Gasteiger charge is -2.18. The third kappa shape index (κ3) is 5.00. The Balaban J connectivity index is 0.00000148. The summed E-state index contributed by atoms with van der Waals surface area (Å²) in [5.74, 6) is 1.28. The lowest BCUT2D eigenvalue weighted by Crippen LogP contribution is -2.26. The van der Waals surface area contributed by atoms with Crippen LogP contribution in [0.5, 0.6) is 11.8 Å². The first-order valence-corrected chi connectivity index (χ1v) is 12.4. The van der Waals surface area contributed by atoms with Crippen LogP contribution < -0.4 is 9.47 Å². The molecule has 0 radical (unpaired) electrons. The maximum atomic E-state index is 9.61. The molecule has 1 aromatic carbocycles. The second kappa shape index (κ2) is 11.4. The van der Waals surface area contributed by atoms with Crippen LogP contribution in [0, 0.1) is 0 Å². The van der Waals surface area contributed by atoms with Gasteiger partial charge >= 0.3 is 0 Å². The zero-order valence-electron chi connectivity index (χ0n) is 21.7. The average molecular weight is 494 g/mol. The molecule has 36 heavy (non-hydrogen) atoms. The molecule has 0 spiro atoms. The van der Waals surface area contributed by atoms with E-state index in [4.69, 9.17) is 9.47 Å². The molecule has 1 aliphatic rings. The zero-order valence-corrected chi connectivity index (χ0v) is 21.7. The minimum atomic E-state index is -0.00649. The van der Waals surface area contributed by atoms with Crippen molar-refractivity contribution >= 4 is 23.1 Å². The van der Waals surface area contributed by atoms with Gasteiger partial charge in [0.25, 0.3) is 0 Å². The highest BCUT2D eigenvalue weighted by Gasteiger charge is 2.20. The lowest BCUT2D eigenvalue weighted by atomic mass is 10.1. The van der Waals surface area contributed by atoms with Gasteiger partial charge in [0.1, 0.15) is 6.61 Å². The van der Waals surface area contributed by atoms with Crippen molar-refractivity contribution in [3.63, 3.8) is 0 Å². The number of hydrogen-bond donors (Lipinski definition) is 2. The topological polar surface area (TPSA) is 106 Å². The van der Waals surface area contributed by atoms with E-state index in [9.17, 15) is 5.11 Å². The van der Waals surface area contributed by atoms with Crippen molar-refractivity contribution in [3.05, 3.63) is 41.3 Å². The number of aromatic nitrogens is 6. The minimum Gasteiger partial charge on any atom is -0.476 e. The first-order valence-electron chi connectivity index (χ1n) is 12.4. The highest BCUT2D eigenvalue weighted by atomic mass is 16.5. The number of hydrogen-bond acceptors (Lipinski definition) is 7. The molecule has 2 bridgehead atoms. The molecule has 0 atom stereocenters. The number of rotatable bonds is 4. The van der Waals surface area contributed by atoms with E-state index < -0.39 is 0 Å². The fourth-order valence-electron chi connectivity index (χ4n) is 4.26. The van der Waals surface area contributed by atoms with Gasteiger partial charge in [0.05, 0.1) is 54.0 Å². The van der Waals surface area contributed by atoms with E-state index in [0.717, 1.165) is 44.9 Å². The third-order valence-electron chi connectivity index (χ3n) is 5.98. The number of nitrogens with zero attached hydrogens (tertiary/aromatic N) is 6. The number of benzene rings is 1. The van der Waals surface area contributed by atoms with Crippen molar-refractivity contribution in [1.29, 1.82) is 0 Å². The molecule has 192 valence electrons. The van der Waals surface area contributed by atoms with Crippen LogP contribution in [0.15, 0.2) is 24.4 Å². The van der Waals surface area contributed by atoms with Crippen molar-refractivity contribution in [3.8, 4) is 22.9 Å². The quantitative estimate of drug-likeness (QED) is 0.448. The highest BCUT2D eigenvalue weighted by Crippen LogP contribution is 2.33. The second-order valence-electron chi connectivity index (χ2n) is 8.32. The fourth-order valence-corrected chi connectivity index (χ4v) is 4.26. The molecule has 4 heterocycles. The Morgan fingerprint density at radius 2 is 2.03 bits per heavy atom. The smallest absolute Gasteiger partial charge is 0.240 e. The van der Waals surface area contributed by atoms with Gasteiger partial charge in [0.2, 0.25) is 11.8 Å². The summed E-state index contributed by atoms with van der Waals surface area (Å²) in [7, 11) is 3.92. The predicted octanol–water partition coefficient (Wildman–Crippen LogP) is 3.57.